The van der Waals surface area contributed by atoms with Crippen LogP contribution >= 0.6 is 0 Å². The maximum atomic E-state index is 12.2. The Morgan fingerprint density at radius 2 is 2.18 bits per heavy atom. The van der Waals surface area contributed by atoms with E-state index in [2.05, 4.69) is 0 Å². The van der Waals surface area contributed by atoms with Crippen molar-refractivity contribution in [2.45, 2.75) is 19.8 Å². The number of benzene rings is 1. The molecule has 7 nitrogen and oxygen atoms in total. The maximum absolute atomic E-state index is 12.2. The Morgan fingerprint density at radius 3 is 2.82 bits per heavy atom. The molecule has 0 aliphatic carbocycles. The number of nitriles is 1. The van der Waals surface area contributed by atoms with E-state index < -0.39 is 4.92 Å². The van der Waals surface area contributed by atoms with E-state index in [0.717, 1.165) is 25.9 Å². The quantitative estimate of drug-likeness (QED) is 0.626. The van der Waals surface area contributed by atoms with Crippen LogP contribution in [0, 0.1) is 21.4 Å². The fourth-order valence-electron chi connectivity index (χ4n) is 2.62. The topological polar surface area (TPSA) is 90.5 Å². The number of amides is 1. The molecule has 0 saturated carbocycles. The molecule has 1 aliphatic rings. The molecular formula is C15H18N4O3. The van der Waals surface area contributed by atoms with E-state index in [1.165, 1.54) is 12.1 Å². The minimum atomic E-state index is -0.571. The summed E-state index contributed by atoms with van der Waals surface area (Å²) in [7, 11) is 0. The summed E-state index contributed by atoms with van der Waals surface area (Å²) >= 11 is 0. The second-order valence-corrected chi connectivity index (χ2v) is 5.23. The van der Waals surface area contributed by atoms with Crippen molar-refractivity contribution >= 4 is 17.3 Å². The van der Waals surface area contributed by atoms with Crippen LogP contribution in [0.15, 0.2) is 18.2 Å². The molecule has 0 aromatic heterocycles. The monoisotopic (exact) mass is 302 g/mol. The molecular weight excluding hydrogens is 284 g/mol. The zero-order valence-electron chi connectivity index (χ0n) is 12.5. The zero-order chi connectivity index (χ0) is 16.1. The summed E-state index contributed by atoms with van der Waals surface area (Å²) < 4.78 is 0. The summed E-state index contributed by atoms with van der Waals surface area (Å²) in [4.78, 5) is 26.2. The summed E-state index contributed by atoms with van der Waals surface area (Å²) in [6.45, 7) is 4.43. The van der Waals surface area contributed by atoms with Crippen LogP contribution in [0.4, 0.5) is 11.4 Å². The molecule has 1 saturated heterocycles. The van der Waals surface area contributed by atoms with Gasteiger partial charge in [-0.1, -0.05) is 6.92 Å². The van der Waals surface area contributed by atoms with E-state index in [9.17, 15) is 14.9 Å². The number of nitro benzene ring substituents is 1. The summed E-state index contributed by atoms with van der Waals surface area (Å²) in [5.41, 5.74) is 0.485. The summed E-state index contributed by atoms with van der Waals surface area (Å²) in [5, 5.41) is 19.9. The SMILES string of the molecule is CCCN1CCCN(c2ccc([N+](=O)[O-])c(C#N)c2)CC1=O. The lowest BCUT2D eigenvalue weighted by Crippen LogP contribution is -2.37. The van der Waals surface area contributed by atoms with Gasteiger partial charge in [0.05, 0.1) is 11.5 Å². The molecule has 0 atom stereocenters. The third-order valence-electron chi connectivity index (χ3n) is 3.69. The molecule has 22 heavy (non-hydrogen) atoms. The van der Waals surface area contributed by atoms with Gasteiger partial charge >= 0.3 is 0 Å². The van der Waals surface area contributed by atoms with E-state index in [-0.39, 0.29) is 23.7 Å². The lowest BCUT2D eigenvalue weighted by molar-refractivity contribution is -0.385. The predicted molar refractivity (Wildman–Crippen MR) is 81.5 cm³/mol. The van der Waals surface area contributed by atoms with Crippen molar-refractivity contribution in [2.75, 3.05) is 31.1 Å². The first-order valence-corrected chi connectivity index (χ1v) is 7.28. The standard InChI is InChI=1S/C15H18N4O3/c1-2-6-17-7-3-8-18(11-15(17)20)13-4-5-14(19(21)22)12(9-13)10-16/h4-5,9H,2-3,6-8,11H2,1H3. The largest absolute Gasteiger partial charge is 0.362 e. The molecule has 1 aliphatic heterocycles. The molecule has 1 amide bonds. The summed E-state index contributed by atoms with van der Waals surface area (Å²) in [6.07, 6.45) is 1.76. The number of rotatable bonds is 4. The first-order chi connectivity index (χ1) is 10.6. The fourth-order valence-corrected chi connectivity index (χ4v) is 2.62. The maximum Gasteiger partial charge on any atom is 0.287 e. The number of hydrogen-bond donors (Lipinski definition) is 0. The van der Waals surface area contributed by atoms with Gasteiger partial charge in [-0.05, 0) is 25.0 Å². The third kappa shape index (κ3) is 3.34. The van der Waals surface area contributed by atoms with Crippen molar-refractivity contribution in [1.82, 2.24) is 4.90 Å². The molecule has 1 heterocycles. The first-order valence-electron chi connectivity index (χ1n) is 7.28. The third-order valence-corrected chi connectivity index (χ3v) is 3.69. The smallest absolute Gasteiger partial charge is 0.287 e. The Labute approximate surface area is 128 Å². The minimum Gasteiger partial charge on any atom is -0.362 e. The van der Waals surface area contributed by atoms with Crippen molar-refractivity contribution in [1.29, 1.82) is 5.26 Å². The van der Waals surface area contributed by atoms with Crippen molar-refractivity contribution in [3.8, 4) is 6.07 Å². The molecule has 1 aromatic carbocycles. The van der Waals surface area contributed by atoms with Crippen LogP contribution in [0.25, 0.3) is 0 Å². The number of carbonyl (C=O) groups excluding carboxylic acids is 1. The van der Waals surface area contributed by atoms with E-state index in [4.69, 9.17) is 5.26 Å². The molecule has 1 aromatic rings. The highest BCUT2D eigenvalue weighted by Gasteiger charge is 2.23. The molecule has 0 radical (unpaired) electrons. The molecule has 0 bridgehead atoms. The highest BCUT2D eigenvalue weighted by Crippen LogP contribution is 2.25. The van der Waals surface area contributed by atoms with Gasteiger partial charge < -0.3 is 9.80 Å². The van der Waals surface area contributed by atoms with Crippen LogP contribution in [-0.2, 0) is 4.79 Å². The average molecular weight is 302 g/mol. The Morgan fingerprint density at radius 1 is 1.41 bits per heavy atom. The van der Waals surface area contributed by atoms with Crippen LogP contribution < -0.4 is 4.90 Å². The van der Waals surface area contributed by atoms with Gasteiger partial charge in [-0.15, -0.1) is 0 Å². The molecule has 0 spiro atoms. The number of hydrogen-bond acceptors (Lipinski definition) is 5. The number of nitrogens with zero attached hydrogens (tertiary/aromatic N) is 4. The summed E-state index contributed by atoms with van der Waals surface area (Å²) in [5.74, 6) is 0.0520. The van der Waals surface area contributed by atoms with Gasteiger partial charge in [0, 0.05) is 31.4 Å². The van der Waals surface area contributed by atoms with Gasteiger partial charge in [-0.25, -0.2) is 0 Å². The number of carbonyl (C=O) groups is 1. The first kappa shape index (κ1) is 15.8. The Bertz CT molecular complexity index is 624. The Hall–Kier alpha value is -2.62. The second kappa shape index (κ2) is 6.89. The van der Waals surface area contributed by atoms with Crippen molar-refractivity contribution in [2.24, 2.45) is 0 Å². The van der Waals surface area contributed by atoms with E-state index >= 15 is 0 Å². The van der Waals surface area contributed by atoms with Crippen LogP contribution in [0.2, 0.25) is 0 Å². The number of nitro groups is 1. The number of anilines is 1. The molecule has 7 heteroatoms. The van der Waals surface area contributed by atoms with Gasteiger partial charge in [0.1, 0.15) is 11.6 Å². The van der Waals surface area contributed by atoms with Gasteiger partial charge in [0.2, 0.25) is 5.91 Å². The lowest BCUT2D eigenvalue weighted by Gasteiger charge is -2.23. The highest BCUT2D eigenvalue weighted by molar-refractivity contribution is 5.82. The predicted octanol–water partition coefficient (Wildman–Crippen LogP) is 1.92. The van der Waals surface area contributed by atoms with E-state index in [1.54, 1.807) is 6.07 Å². The van der Waals surface area contributed by atoms with Crippen molar-refractivity contribution in [3.63, 3.8) is 0 Å². The van der Waals surface area contributed by atoms with Gasteiger partial charge in [-0.2, -0.15) is 5.26 Å². The average Bonchev–Trinajstić information content (AvgIpc) is 2.69. The van der Waals surface area contributed by atoms with Crippen molar-refractivity contribution < 1.29 is 9.72 Å². The van der Waals surface area contributed by atoms with Crippen LogP contribution in [0.3, 0.4) is 0 Å². The molecule has 116 valence electrons. The van der Waals surface area contributed by atoms with Crippen molar-refractivity contribution in [3.05, 3.63) is 33.9 Å². The lowest BCUT2D eigenvalue weighted by atomic mass is 10.1. The van der Waals surface area contributed by atoms with E-state index in [1.807, 2.05) is 22.8 Å². The Balaban J connectivity index is 2.23. The van der Waals surface area contributed by atoms with Gasteiger partial charge in [0.15, 0.2) is 0 Å². The summed E-state index contributed by atoms with van der Waals surface area (Å²) in [6, 6.07) is 6.26. The zero-order valence-corrected chi connectivity index (χ0v) is 12.5. The van der Waals surface area contributed by atoms with Crippen LogP contribution in [0.5, 0.6) is 0 Å². The highest BCUT2D eigenvalue weighted by atomic mass is 16.6. The normalized spacial score (nSPS) is 15.4. The molecule has 1 fully saturated rings. The van der Waals surface area contributed by atoms with Gasteiger partial charge in [-0.3, -0.25) is 14.9 Å². The molecule has 0 N–H and O–H groups in total. The molecule has 0 unspecified atom stereocenters. The van der Waals surface area contributed by atoms with E-state index in [0.29, 0.717) is 12.2 Å². The van der Waals surface area contributed by atoms with Crippen LogP contribution in [-0.4, -0.2) is 41.9 Å². The fraction of sp³-hybridized carbons (Fsp3) is 0.467. The second-order valence-electron chi connectivity index (χ2n) is 5.23. The Kier molecular flexibility index (Phi) is 4.94. The minimum absolute atomic E-state index is 0.0182. The van der Waals surface area contributed by atoms with Crippen LogP contribution in [0.1, 0.15) is 25.3 Å². The molecule has 2 rings (SSSR count). The van der Waals surface area contributed by atoms with Gasteiger partial charge in [0.25, 0.3) is 5.69 Å².